The second-order valence-corrected chi connectivity index (χ2v) is 8.24. The summed E-state index contributed by atoms with van der Waals surface area (Å²) in [4.78, 5) is 26.9. The molecule has 0 spiro atoms. The van der Waals surface area contributed by atoms with E-state index in [2.05, 4.69) is 21.2 Å². The Morgan fingerprint density at radius 1 is 1.21 bits per heavy atom. The summed E-state index contributed by atoms with van der Waals surface area (Å²) in [6, 6.07) is 11.7. The number of hydrogen-bond donors (Lipinski definition) is 1. The largest absolute Gasteiger partial charge is 0.482 e. The highest BCUT2D eigenvalue weighted by molar-refractivity contribution is 9.10. The lowest BCUT2D eigenvalue weighted by Gasteiger charge is -2.29. The van der Waals surface area contributed by atoms with Crippen LogP contribution in [0.2, 0.25) is 10.0 Å². The fourth-order valence-corrected chi connectivity index (χ4v) is 3.53. The van der Waals surface area contributed by atoms with Gasteiger partial charge in [0.25, 0.3) is 5.91 Å². The standard InChI is InChI=1S/C21H23BrCl2N2O3/c1-3-9-25-21(28)14(2)26(12-15-5-4-6-16(22)10-15)20(27)13-29-19-8-7-17(23)11-18(19)24/h4-8,10-11,14H,3,9,12-13H2,1-2H3,(H,25,28)/t14-/m0/s1. The Labute approximate surface area is 189 Å². The van der Waals surface area contributed by atoms with E-state index in [1.807, 2.05) is 31.2 Å². The maximum absolute atomic E-state index is 12.9. The first kappa shape index (κ1) is 23.5. The molecule has 156 valence electrons. The Hall–Kier alpha value is -1.76. The summed E-state index contributed by atoms with van der Waals surface area (Å²) in [5, 5.41) is 3.63. The topological polar surface area (TPSA) is 58.6 Å². The molecule has 2 rings (SSSR count). The zero-order valence-corrected chi connectivity index (χ0v) is 19.4. The Morgan fingerprint density at radius 2 is 1.97 bits per heavy atom. The second-order valence-electron chi connectivity index (χ2n) is 6.48. The van der Waals surface area contributed by atoms with Gasteiger partial charge in [0, 0.05) is 22.6 Å². The highest BCUT2D eigenvalue weighted by Gasteiger charge is 2.26. The zero-order valence-electron chi connectivity index (χ0n) is 16.3. The summed E-state index contributed by atoms with van der Waals surface area (Å²) in [6.45, 7) is 4.26. The maximum atomic E-state index is 12.9. The van der Waals surface area contributed by atoms with E-state index in [1.54, 1.807) is 25.1 Å². The Balaban J connectivity index is 2.15. The summed E-state index contributed by atoms with van der Waals surface area (Å²) in [6.07, 6.45) is 0.816. The van der Waals surface area contributed by atoms with Gasteiger partial charge in [-0.25, -0.2) is 0 Å². The van der Waals surface area contributed by atoms with Crippen molar-refractivity contribution in [3.8, 4) is 5.75 Å². The first-order valence-corrected chi connectivity index (χ1v) is 10.8. The highest BCUT2D eigenvalue weighted by atomic mass is 79.9. The van der Waals surface area contributed by atoms with E-state index in [0.29, 0.717) is 22.3 Å². The number of nitrogens with zero attached hydrogens (tertiary/aromatic N) is 1. The number of carbonyl (C=O) groups excluding carboxylic acids is 2. The molecule has 0 aliphatic rings. The lowest BCUT2D eigenvalue weighted by molar-refractivity contribution is -0.142. The molecule has 0 radical (unpaired) electrons. The molecule has 2 aromatic rings. The summed E-state index contributed by atoms with van der Waals surface area (Å²) in [5.41, 5.74) is 0.896. The second kappa shape index (κ2) is 11.4. The molecule has 29 heavy (non-hydrogen) atoms. The van der Waals surface area contributed by atoms with Crippen LogP contribution >= 0.6 is 39.1 Å². The number of ether oxygens (including phenoxy) is 1. The minimum absolute atomic E-state index is 0.209. The number of amides is 2. The molecule has 2 amide bonds. The van der Waals surface area contributed by atoms with Crippen LogP contribution < -0.4 is 10.1 Å². The van der Waals surface area contributed by atoms with E-state index < -0.39 is 6.04 Å². The van der Waals surface area contributed by atoms with E-state index in [1.165, 1.54) is 4.90 Å². The Kier molecular flexibility index (Phi) is 9.27. The van der Waals surface area contributed by atoms with Gasteiger partial charge in [0.1, 0.15) is 11.8 Å². The van der Waals surface area contributed by atoms with Crippen molar-refractivity contribution in [1.82, 2.24) is 10.2 Å². The van der Waals surface area contributed by atoms with E-state index in [0.717, 1.165) is 16.5 Å². The fourth-order valence-electron chi connectivity index (χ4n) is 2.63. The maximum Gasteiger partial charge on any atom is 0.261 e. The molecule has 2 aromatic carbocycles. The molecule has 0 aliphatic heterocycles. The van der Waals surface area contributed by atoms with Gasteiger partial charge in [0.15, 0.2) is 6.61 Å². The quantitative estimate of drug-likeness (QED) is 0.521. The van der Waals surface area contributed by atoms with Gasteiger partial charge in [-0.3, -0.25) is 9.59 Å². The van der Waals surface area contributed by atoms with Crippen molar-refractivity contribution < 1.29 is 14.3 Å². The molecule has 1 atom stereocenters. The molecule has 0 unspecified atom stereocenters. The third-order valence-electron chi connectivity index (χ3n) is 4.20. The van der Waals surface area contributed by atoms with Crippen LogP contribution in [0.3, 0.4) is 0 Å². The smallest absolute Gasteiger partial charge is 0.261 e. The van der Waals surface area contributed by atoms with Gasteiger partial charge in [-0.1, -0.05) is 58.2 Å². The molecular formula is C21H23BrCl2N2O3. The van der Waals surface area contributed by atoms with Gasteiger partial charge in [-0.2, -0.15) is 0 Å². The van der Waals surface area contributed by atoms with Crippen LogP contribution in [0.5, 0.6) is 5.75 Å². The number of nitrogens with one attached hydrogen (secondary N) is 1. The number of halogens is 3. The molecule has 0 aromatic heterocycles. The zero-order chi connectivity index (χ0) is 21.4. The molecular weight excluding hydrogens is 479 g/mol. The molecule has 0 heterocycles. The minimum atomic E-state index is -0.655. The van der Waals surface area contributed by atoms with Crippen molar-refractivity contribution in [1.29, 1.82) is 0 Å². The van der Waals surface area contributed by atoms with Crippen LogP contribution in [0.1, 0.15) is 25.8 Å². The molecule has 1 N–H and O–H groups in total. The molecule has 0 bridgehead atoms. The van der Waals surface area contributed by atoms with E-state index in [4.69, 9.17) is 27.9 Å². The van der Waals surface area contributed by atoms with Gasteiger partial charge >= 0.3 is 0 Å². The van der Waals surface area contributed by atoms with E-state index in [-0.39, 0.29) is 25.0 Å². The van der Waals surface area contributed by atoms with Crippen LogP contribution in [0, 0.1) is 0 Å². The molecule has 0 saturated carbocycles. The van der Waals surface area contributed by atoms with Crippen LogP contribution in [0.15, 0.2) is 46.9 Å². The number of hydrogen-bond acceptors (Lipinski definition) is 3. The van der Waals surface area contributed by atoms with Crippen LogP contribution in [0.25, 0.3) is 0 Å². The van der Waals surface area contributed by atoms with Crippen LogP contribution in [-0.2, 0) is 16.1 Å². The Morgan fingerprint density at radius 3 is 2.62 bits per heavy atom. The average Bonchev–Trinajstić information content (AvgIpc) is 2.69. The van der Waals surface area contributed by atoms with Crippen molar-refractivity contribution in [2.45, 2.75) is 32.9 Å². The summed E-state index contributed by atoms with van der Waals surface area (Å²) in [5.74, 6) is -0.176. The van der Waals surface area contributed by atoms with Crippen LogP contribution in [-0.4, -0.2) is 35.9 Å². The lowest BCUT2D eigenvalue weighted by atomic mass is 10.1. The number of carbonyl (C=O) groups is 2. The summed E-state index contributed by atoms with van der Waals surface area (Å²) >= 11 is 15.4. The lowest BCUT2D eigenvalue weighted by Crippen LogP contribution is -2.49. The molecule has 0 fully saturated rings. The Bertz CT molecular complexity index is 864. The van der Waals surface area contributed by atoms with E-state index >= 15 is 0 Å². The third-order valence-corrected chi connectivity index (χ3v) is 5.23. The van der Waals surface area contributed by atoms with Crippen molar-refractivity contribution >= 4 is 50.9 Å². The summed E-state index contributed by atoms with van der Waals surface area (Å²) < 4.78 is 6.48. The van der Waals surface area contributed by atoms with Gasteiger partial charge in [-0.05, 0) is 49.2 Å². The van der Waals surface area contributed by atoms with Crippen molar-refractivity contribution in [2.24, 2.45) is 0 Å². The normalized spacial score (nSPS) is 11.6. The van der Waals surface area contributed by atoms with Gasteiger partial charge in [-0.15, -0.1) is 0 Å². The number of rotatable bonds is 9. The molecule has 0 aliphatic carbocycles. The average molecular weight is 502 g/mol. The third kappa shape index (κ3) is 7.21. The monoisotopic (exact) mass is 500 g/mol. The van der Waals surface area contributed by atoms with Gasteiger partial charge < -0.3 is 15.0 Å². The van der Waals surface area contributed by atoms with Gasteiger partial charge in [0.05, 0.1) is 5.02 Å². The molecule has 8 heteroatoms. The van der Waals surface area contributed by atoms with Gasteiger partial charge in [0.2, 0.25) is 5.91 Å². The van der Waals surface area contributed by atoms with E-state index in [9.17, 15) is 9.59 Å². The molecule has 0 saturated heterocycles. The van der Waals surface area contributed by atoms with Crippen LogP contribution in [0.4, 0.5) is 0 Å². The highest BCUT2D eigenvalue weighted by Crippen LogP contribution is 2.27. The number of benzene rings is 2. The first-order chi connectivity index (χ1) is 13.8. The SMILES string of the molecule is CCCNC(=O)[C@H](C)N(Cc1cccc(Br)c1)C(=O)COc1ccc(Cl)cc1Cl. The fraction of sp³-hybridized carbons (Fsp3) is 0.333. The predicted octanol–water partition coefficient (Wildman–Crippen LogP) is 5.08. The van der Waals surface area contributed by atoms with Crippen molar-refractivity contribution in [2.75, 3.05) is 13.2 Å². The van der Waals surface area contributed by atoms with Crippen molar-refractivity contribution in [3.05, 3.63) is 62.5 Å². The first-order valence-electron chi connectivity index (χ1n) is 9.21. The predicted molar refractivity (Wildman–Crippen MR) is 119 cm³/mol. The minimum Gasteiger partial charge on any atom is -0.482 e. The molecule has 5 nitrogen and oxygen atoms in total. The van der Waals surface area contributed by atoms with Crippen molar-refractivity contribution in [3.63, 3.8) is 0 Å². The summed E-state index contributed by atoms with van der Waals surface area (Å²) in [7, 11) is 0.